The standard InChI is InChI=1S/C20H21NO5/c1-20(2,3)26-19(24)21-15(18(22)23)11-12-8-9-17-14(10-12)13-6-4-5-7-16(13)25-17/h4-10,15H,11H2,1-3H3,(H,21,24)(H,22,23). The zero-order chi connectivity index (χ0) is 18.9. The van der Waals surface area contributed by atoms with Crippen molar-refractivity contribution in [3.05, 3.63) is 48.0 Å². The fraction of sp³-hybridized carbons (Fsp3) is 0.300. The maximum Gasteiger partial charge on any atom is 0.408 e. The molecule has 3 aromatic rings. The number of furan rings is 1. The predicted octanol–water partition coefficient (Wildman–Crippen LogP) is 4.11. The van der Waals surface area contributed by atoms with Crippen molar-refractivity contribution < 1.29 is 23.8 Å². The molecule has 0 aliphatic carbocycles. The van der Waals surface area contributed by atoms with Crippen LogP contribution in [0.1, 0.15) is 26.3 Å². The quantitative estimate of drug-likeness (QED) is 0.735. The average molecular weight is 355 g/mol. The van der Waals surface area contributed by atoms with Gasteiger partial charge in [0.15, 0.2) is 0 Å². The van der Waals surface area contributed by atoms with E-state index < -0.39 is 23.7 Å². The van der Waals surface area contributed by atoms with Crippen LogP contribution in [-0.4, -0.2) is 28.8 Å². The molecule has 6 heteroatoms. The lowest BCUT2D eigenvalue weighted by Gasteiger charge is -2.22. The third-order valence-corrected chi connectivity index (χ3v) is 3.87. The Kier molecular flexibility index (Phi) is 4.59. The van der Waals surface area contributed by atoms with E-state index in [1.54, 1.807) is 26.8 Å². The second-order valence-corrected chi connectivity index (χ2v) is 7.17. The third-order valence-electron chi connectivity index (χ3n) is 3.87. The number of para-hydroxylation sites is 1. The van der Waals surface area contributed by atoms with Gasteiger partial charge in [0.2, 0.25) is 0 Å². The maximum absolute atomic E-state index is 11.9. The molecule has 0 spiro atoms. The molecule has 0 bridgehead atoms. The van der Waals surface area contributed by atoms with Crippen LogP contribution in [0.4, 0.5) is 4.79 Å². The SMILES string of the molecule is CC(C)(C)OC(=O)NC(Cc1ccc2oc3ccccc3c2c1)C(=O)O. The average Bonchev–Trinajstić information content (AvgIpc) is 2.90. The van der Waals surface area contributed by atoms with Crippen LogP contribution >= 0.6 is 0 Å². The summed E-state index contributed by atoms with van der Waals surface area (Å²) in [6.07, 6.45) is -0.607. The van der Waals surface area contributed by atoms with Crippen molar-refractivity contribution in [2.45, 2.75) is 38.8 Å². The summed E-state index contributed by atoms with van der Waals surface area (Å²) in [4.78, 5) is 23.4. The molecule has 0 radical (unpaired) electrons. The van der Waals surface area contributed by atoms with Gasteiger partial charge in [0.25, 0.3) is 0 Å². The number of hydrogen-bond acceptors (Lipinski definition) is 4. The summed E-state index contributed by atoms with van der Waals surface area (Å²) in [5.41, 5.74) is 1.61. The van der Waals surface area contributed by atoms with Crippen LogP contribution in [0, 0.1) is 0 Å². The molecule has 0 saturated carbocycles. The lowest BCUT2D eigenvalue weighted by atomic mass is 10.0. The number of rotatable bonds is 4. The highest BCUT2D eigenvalue weighted by Gasteiger charge is 2.24. The van der Waals surface area contributed by atoms with E-state index in [1.165, 1.54) is 0 Å². The van der Waals surface area contributed by atoms with Gasteiger partial charge in [-0.1, -0.05) is 24.3 Å². The van der Waals surface area contributed by atoms with Crippen molar-refractivity contribution in [2.24, 2.45) is 0 Å². The number of carboxylic acid groups (broad SMARTS) is 1. The molecular formula is C20H21NO5. The highest BCUT2D eigenvalue weighted by atomic mass is 16.6. The number of fused-ring (bicyclic) bond motifs is 3. The van der Waals surface area contributed by atoms with Crippen LogP contribution in [-0.2, 0) is 16.0 Å². The van der Waals surface area contributed by atoms with Gasteiger partial charge in [-0.25, -0.2) is 9.59 Å². The number of nitrogens with one attached hydrogen (secondary N) is 1. The van der Waals surface area contributed by atoms with E-state index in [1.807, 2.05) is 36.4 Å². The van der Waals surface area contributed by atoms with Gasteiger partial charge in [0.05, 0.1) is 0 Å². The number of carbonyl (C=O) groups excluding carboxylic acids is 1. The van der Waals surface area contributed by atoms with Crippen LogP contribution in [0.2, 0.25) is 0 Å². The molecular weight excluding hydrogens is 334 g/mol. The van der Waals surface area contributed by atoms with Gasteiger partial charge in [0, 0.05) is 17.2 Å². The van der Waals surface area contributed by atoms with E-state index in [0.29, 0.717) is 0 Å². The van der Waals surface area contributed by atoms with Crippen LogP contribution in [0.3, 0.4) is 0 Å². The summed E-state index contributed by atoms with van der Waals surface area (Å²) >= 11 is 0. The Hall–Kier alpha value is -3.02. The van der Waals surface area contributed by atoms with E-state index in [2.05, 4.69) is 5.32 Å². The number of ether oxygens (including phenoxy) is 1. The molecule has 26 heavy (non-hydrogen) atoms. The van der Waals surface area contributed by atoms with Gasteiger partial charge in [-0.3, -0.25) is 0 Å². The Bertz CT molecular complexity index is 967. The first-order valence-corrected chi connectivity index (χ1v) is 8.35. The van der Waals surface area contributed by atoms with Crippen molar-refractivity contribution in [1.29, 1.82) is 0 Å². The maximum atomic E-state index is 11.9. The van der Waals surface area contributed by atoms with Gasteiger partial charge in [-0.15, -0.1) is 0 Å². The molecule has 1 aromatic heterocycles. The van der Waals surface area contributed by atoms with Crippen LogP contribution in [0.25, 0.3) is 21.9 Å². The van der Waals surface area contributed by atoms with Gasteiger partial charge in [0.1, 0.15) is 22.8 Å². The van der Waals surface area contributed by atoms with E-state index >= 15 is 0 Å². The van der Waals surface area contributed by atoms with E-state index in [0.717, 1.165) is 27.5 Å². The zero-order valence-corrected chi connectivity index (χ0v) is 14.9. The minimum Gasteiger partial charge on any atom is -0.480 e. The molecule has 0 saturated heterocycles. The second kappa shape index (κ2) is 6.71. The zero-order valence-electron chi connectivity index (χ0n) is 14.9. The summed E-state index contributed by atoms with van der Waals surface area (Å²) in [6.45, 7) is 5.17. The Morgan fingerprint density at radius 1 is 1.12 bits per heavy atom. The smallest absolute Gasteiger partial charge is 0.408 e. The third kappa shape index (κ3) is 3.96. The van der Waals surface area contributed by atoms with E-state index in [4.69, 9.17) is 9.15 Å². The first-order chi connectivity index (χ1) is 12.2. The molecule has 2 N–H and O–H groups in total. The fourth-order valence-corrected chi connectivity index (χ4v) is 2.79. The number of amides is 1. The summed E-state index contributed by atoms with van der Waals surface area (Å²) in [7, 11) is 0. The normalized spacial score (nSPS) is 12.9. The first kappa shape index (κ1) is 17.8. The van der Waals surface area contributed by atoms with Gasteiger partial charge in [-0.05, 0) is 44.5 Å². The summed E-state index contributed by atoms with van der Waals surface area (Å²) in [5, 5.41) is 13.7. The lowest BCUT2D eigenvalue weighted by molar-refractivity contribution is -0.139. The summed E-state index contributed by atoms with van der Waals surface area (Å²) < 4.78 is 10.9. The fourth-order valence-electron chi connectivity index (χ4n) is 2.79. The number of hydrogen-bond donors (Lipinski definition) is 2. The molecule has 0 aliphatic rings. The van der Waals surface area contributed by atoms with Crippen LogP contribution < -0.4 is 5.32 Å². The molecule has 1 amide bonds. The summed E-state index contributed by atoms with van der Waals surface area (Å²) in [6, 6.07) is 12.1. The van der Waals surface area contributed by atoms with Gasteiger partial charge < -0.3 is 19.6 Å². The minimum absolute atomic E-state index is 0.143. The van der Waals surface area contributed by atoms with Crippen LogP contribution in [0.15, 0.2) is 46.9 Å². The van der Waals surface area contributed by atoms with E-state index in [9.17, 15) is 14.7 Å². The molecule has 6 nitrogen and oxygen atoms in total. The lowest BCUT2D eigenvalue weighted by Crippen LogP contribution is -2.44. The highest BCUT2D eigenvalue weighted by Crippen LogP contribution is 2.29. The number of carboxylic acids is 1. The molecule has 136 valence electrons. The van der Waals surface area contributed by atoms with Crippen molar-refractivity contribution >= 4 is 34.0 Å². The number of aliphatic carboxylic acids is 1. The Morgan fingerprint density at radius 3 is 2.50 bits per heavy atom. The van der Waals surface area contributed by atoms with Crippen molar-refractivity contribution in [1.82, 2.24) is 5.32 Å². The summed E-state index contributed by atoms with van der Waals surface area (Å²) in [5.74, 6) is -1.12. The predicted molar refractivity (Wildman–Crippen MR) is 98.2 cm³/mol. The highest BCUT2D eigenvalue weighted by molar-refractivity contribution is 6.05. The Morgan fingerprint density at radius 2 is 1.81 bits per heavy atom. The van der Waals surface area contributed by atoms with Crippen LogP contribution in [0.5, 0.6) is 0 Å². The van der Waals surface area contributed by atoms with Crippen molar-refractivity contribution in [2.75, 3.05) is 0 Å². The van der Waals surface area contributed by atoms with Gasteiger partial charge >= 0.3 is 12.1 Å². The molecule has 3 rings (SSSR count). The largest absolute Gasteiger partial charge is 0.480 e. The molecule has 1 heterocycles. The van der Waals surface area contributed by atoms with E-state index in [-0.39, 0.29) is 6.42 Å². The molecule has 2 aromatic carbocycles. The first-order valence-electron chi connectivity index (χ1n) is 8.35. The number of benzene rings is 2. The molecule has 0 aliphatic heterocycles. The Balaban J connectivity index is 1.83. The number of alkyl carbamates (subject to hydrolysis) is 1. The topological polar surface area (TPSA) is 88.8 Å². The molecule has 0 fully saturated rings. The number of carbonyl (C=O) groups is 2. The molecule has 1 unspecified atom stereocenters. The van der Waals surface area contributed by atoms with Crippen molar-refractivity contribution in [3.63, 3.8) is 0 Å². The Labute approximate surface area is 150 Å². The minimum atomic E-state index is -1.12. The second-order valence-electron chi connectivity index (χ2n) is 7.17. The van der Waals surface area contributed by atoms with Gasteiger partial charge in [-0.2, -0.15) is 0 Å². The van der Waals surface area contributed by atoms with Crippen molar-refractivity contribution in [3.8, 4) is 0 Å². The molecule has 1 atom stereocenters. The monoisotopic (exact) mass is 355 g/mol.